The van der Waals surface area contributed by atoms with Gasteiger partial charge in [-0.2, -0.15) is 0 Å². The molecule has 190 valence electrons. The summed E-state index contributed by atoms with van der Waals surface area (Å²) < 4.78 is 12.1. The summed E-state index contributed by atoms with van der Waals surface area (Å²) in [5, 5.41) is 12.7. The number of nitrogens with one attached hydrogen (secondary N) is 1. The molecule has 35 heavy (non-hydrogen) atoms. The minimum atomic E-state index is -0.397. The molecule has 1 aliphatic heterocycles. The Labute approximate surface area is 208 Å². The van der Waals surface area contributed by atoms with Gasteiger partial charge in [0.05, 0.1) is 17.4 Å². The van der Waals surface area contributed by atoms with Gasteiger partial charge in [-0.1, -0.05) is 19.1 Å². The summed E-state index contributed by atoms with van der Waals surface area (Å²) in [6.45, 7) is 7.27. The fourth-order valence-electron chi connectivity index (χ4n) is 4.72. The van der Waals surface area contributed by atoms with Gasteiger partial charge in [-0.05, 0) is 80.3 Å². The van der Waals surface area contributed by atoms with E-state index in [1.54, 1.807) is 0 Å². The standard InChI is InChI=1S/C28H39N3O4/c1-3-20-5-8-25(26(18-20)35-23-6-7-23)34-14-10-30-19(2)15-21-16-22-9-12-31(11-4-13-32)27(22)24(17-21)28(29)33/h5,8,16-19,23,30,32H,3-4,6-7,9-15H2,1-2H3,(H2,29,33)/t19-/m1/s1. The molecular weight excluding hydrogens is 442 g/mol. The van der Waals surface area contributed by atoms with E-state index in [4.69, 9.17) is 15.2 Å². The van der Waals surface area contributed by atoms with Crippen LogP contribution in [0.4, 0.5) is 5.69 Å². The number of ether oxygens (including phenoxy) is 2. The first kappa shape index (κ1) is 25.3. The minimum absolute atomic E-state index is 0.141. The minimum Gasteiger partial charge on any atom is -0.488 e. The van der Waals surface area contributed by atoms with Crippen LogP contribution < -0.4 is 25.4 Å². The number of carbonyl (C=O) groups is 1. The van der Waals surface area contributed by atoms with Crippen molar-refractivity contribution in [1.82, 2.24) is 5.32 Å². The van der Waals surface area contributed by atoms with E-state index in [9.17, 15) is 9.90 Å². The molecule has 0 unspecified atom stereocenters. The molecule has 0 spiro atoms. The molecule has 1 heterocycles. The maximum atomic E-state index is 12.2. The molecule has 1 atom stereocenters. The molecule has 1 fully saturated rings. The summed E-state index contributed by atoms with van der Waals surface area (Å²) in [4.78, 5) is 14.4. The highest BCUT2D eigenvalue weighted by Crippen LogP contribution is 2.35. The number of carbonyl (C=O) groups excluding carboxylic acids is 1. The number of nitrogens with two attached hydrogens (primary N) is 1. The predicted octanol–water partition coefficient (Wildman–Crippen LogP) is 3.23. The molecule has 7 nitrogen and oxygen atoms in total. The molecule has 0 aromatic heterocycles. The zero-order valence-corrected chi connectivity index (χ0v) is 21.0. The molecule has 4 N–H and O–H groups in total. The van der Waals surface area contributed by atoms with Gasteiger partial charge in [0, 0.05) is 32.3 Å². The van der Waals surface area contributed by atoms with Crippen LogP contribution in [0.1, 0.15) is 60.2 Å². The van der Waals surface area contributed by atoms with Crippen LogP contribution >= 0.6 is 0 Å². The Hall–Kier alpha value is -2.77. The van der Waals surface area contributed by atoms with Crippen LogP contribution in [0.2, 0.25) is 0 Å². The average Bonchev–Trinajstić information content (AvgIpc) is 3.57. The van der Waals surface area contributed by atoms with E-state index in [-0.39, 0.29) is 12.6 Å². The Balaban J connectivity index is 1.31. The van der Waals surface area contributed by atoms with E-state index in [1.165, 1.54) is 11.1 Å². The fourth-order valence-corrected chi connectivity index (χ4v) is 4.72. The van der Waals surface area contributed by atoms with Crippen molar-refractivity contribution in [3.05, 3.63) is 52.6 Å². The maximum Gasteiger partial charge on any atom is 0.250 e. The second-order valence-electron chi connectivity index (χ2n) is 9.69. The SMILES string of the molecule is CCc1ccc(OCCN[C@H](C)Cc2cc3c(c(C(N)=O)c2)N(CCCO)CC3)c(OC2CC2)c1. The van der Waals surface area contributed by atoms with Crippen LogP contribution in [0, 0.1) is 0 Å². The molecule has 0 bridgehead atoms. The van der Waals surface area contributed by atoms with Gasteiger partial charge >= 0.3 is 0 Å². The number of nitrogens with zero attached hydrogens (tertiary/aromatic N) is 1. The van der Waals surface area contributed by atoms with Gasteiger partial charge in [-0.25, -0.2) is 0 Å². The molecule has 1 saturated carbocycles. The molecule has 0 radical (unpaired) electrons. The van der Waals surface area contributed by atoms with E-state index in [2.05, 4.69) is 42.3 Å². The van der Waals surface area contributed by atoms with Gasteiger partial charge in [-0.15, -0.1) is 0 Å². The summed E-state index contributed by atoms with van der Waals surface area (Å²) in [7, 11) is 0. The number of hydrogen-bond acceptors (Lipinski definition) is 6. The highest BCUT2D eigenvalue weighted by atomic mass is 16.5. The molecule has 0 saturated heterocycles. The number of primary amides is 1. The van der Waals surface area contributed by atoms with Crippen LogP contribution in [-0.2, 0) is 19.3 Å². The van der Waals surface area contributed by atoms with Gasteiger partial charge in [-0.3, -0.25) is 4.79 Å². The van der Waals surface area contributed by atoms with E-state index in [1.807, 2.05) is 12.1 Å². The maximum absolute atomic E-state index is 12.2. The van der Waals surface area contributed by atoms with E-state index >= 15 is 0 Å². The van der Waals surface area contributed by atoms with Gasteiger partial charge in [0.2, 0.25) is 0 Å². The Morgan fingerprint density at radius 2 is 2.06 bits per heavy atom. The van der Waals surface area contributed by atoms with E-state index < -0.39 is 5.91 Å². The first-order valence-electron chi connectivity index (χ1n) is 13.0. The van der Waals surface area contributed by atoms with Crippen molar-refractivity contribution in [2.75, 3.05) is 37.7 Å². The van der Waals surface area contributed by atoms with Gasteiger partial charge in [0.1, 0.15) is 6.61 Å². The summed E-state index contributed by atoms with van der Waals surface area (Å²) in [6, 6.07) is 10.6. The molecular formula is C28H39N3O4. The van der Waals surface area contributed by atoms with Crippen LogP contribution in [0.15, 0.2) is 30.3 Å². The lowest BCUT2D eigenvalue weighted by Gasteiger charge is -2.22. The molecule has 4 rings (SSSR count). The predicted molar refractivity (Wildman–Crippen MR) is 139 cm³/mol. The molecule has 2 aliphatic rings. The summed E-state index contributed by atoms with van der Waals surface area (Å²) in [5.41, 5.74) is 10.8. The van der Waals surface area contributed by atoms with E-state index in [0.29, 0.717) is 31.2 Å². The van der Waals surface area contributed by atoms with Crippen molar-refractivity contribution >= 4 is 11.6 Å². The number of rotatable bonds is 14. The molecule has 7 heteroatoms. The number of aryl methyl sites for hydroxylation is 1. The smallest absolute Gasteiger partial charge is 0.250 e. The Kier molecular flexibility index (Phi) is 8.52. The second-order valence-corrected chi connectivity index (χ2v) is 9.69. The Morgan fingerprint density at radius 3 is 2.77 bits per heavy atom. The largest absolute Gasteiger partial charge is 0.488 e. The third kappa shape index (κ3) is 6.67. The number of fused-ring (bicyclic) bond motifs is 1. The lowest BCUT2D eigenvalue weighted by Crippen LogP contribution is -2.32. The third-order valence-corrected chi connectivity index (χ3v) is 6.70. The summed E-state index contributed by atoms with van der Waals surface area (Å²) >= 11 is 0. The van der Waals surface area contributed by atoms with Crippen molar-refractivity contribution in [2.45, 2.75) is 64.5 Å². The van der Waals surface area contributed by atoms with E-state index in [0.717, 1.165) is 67.9 Å². The fraction of sp³-hybridized carbons (Fsp3) is 0.536. The van der Waals surface area contributed by atoms with Crippen LogP contribution in [0.3, 0.4) is 0 Å². The van der Waals surface area contributed by atoms with Crippen molar-refractivity contribution in [3.63, 3.8) is 0 Å². The van der Waals surface area contributed by atoms with Gasteiger partial charge < -0.3 is 30.5 Å². The molecule has 2 aromatic rings. The topological polar surface area (TPSA) is 97.0 Å². The van der Waals surface area contributed by atoms with Gasteiger partial charge in [0.25, 0.3) is 5.91 Å². The number of anilines is 1. The van der Waals surface area contributed by atoms with Crippen molar-refractivity contribution < 1.29 is 19.4 Å². The van der Waals surface area contributed by atoms with Gasteiger partial charge in [0.15, 0.2) is 11.5 Å². The molecule has 1 aliphatic carbocycles. The number of aliphatic hydroxyl groups is 1. The Bertz CT molecular complexity index is 1020. The van der Waals surface area contributed by atoms with Crippen molar-refractivity contribution in [3.8, 4) is 11.5 Å². The number of aliphatic hydroxyl groups excluding tert-OH is 1. The molecule has 1 amide bonds. The zero-order chi connectivity index (χ0) is 24.8. The van der Waals surface area contributed by atoms with Crippen LogP contribution in [0.5, 0.6) is 11.5 Å². The zero-order valence-electron chi connectivity index (χ0n) is 21.0. The molecule has 2 aromatic carbocycles. The summed E-state index contributed by atoms with van der Waals surface area (Å²) in [6.07, 6.45) is 5.92. The highest BCUT2D eigenvalue weighted by molar-refractivity contribution is 6.00. The number of amides is 1. The van der Waals surface area contributed by atoms with Crippen molar-refractivity contribution in [2.24, 2.45) is 5.73 Å². The van der Waals surface area contributed by atoms with Crippen LogP contribution in [0.25, 0.3) is 0 Å². The third-order valence-electron chi connectivity index (χ3n) is 6.70. The lowest BCUT2D eigenvalue weighted by molar-refractivity contribution is 0.100. The Morgan fingerprint density at radius 1 is 1.23 bits per heavy atom. The normalized spacial score (nSPS) is 15.7. The monoisotopic (exact) mass is 481 g/mol. The first-order chi connectivity index (χ1) is 17.0. The first-order valence-corrected chi connectivity index (χ1v) is 13.0. The quantitative estimate of drug-likeness (QED) is 0.359. The van der Waals surface area contributed by atoms with Crippen molar-refractivity contribution in [1.29, 1.82) is 0 Å². The number of hydrogen-bond donors (Lipinski definition) is 3. The number of benzene rings is 2. The highest BCUT2D eigenvalue weighted by Gasteiger charge is 2.26. The lowest BCUT2D eigenvalue weighted by atomic mass is 9.98. The second kappa shape index (κ2) is 11.8. The summed E-state index contributed by atoms with van der Waals surface area (Å²) in [5.74, 6) is 1.26. The average molecular weight is 482 g/mol. The van der Waals surface area contributed by atoms with Crippen LogP contribution in [-0.4, -0.2) is 56.0 Å².